The van der Waals surface area contributed by atoms with Crippen LogP contribution in [0.1, 0.15) is 37.3 Å². The quantitative estimate of drug-likeness (QED) is 0.655. The van der Waals surface area contributed by atoms with Crippen LogP contribution < -0.4 is 0 Å². The van der Waals surface area contributed by atoms with Crippen LogP contribution in [0.25, 0.3) is 0 Å². The lowest BCUT2D eigenvalue weighted by Gasteiger charge is -2.19. The van der Waals surface area contributed by atoms with Crippen molar-refractivity contribution in [3.63, 3.8) is 0 Å². The van der Waals surface area contributed by atoms with E-state index in [1.807, 2.05) is 18.2 Å². The first kappa shape index (κ1) is 8.42. The summed E-state index contributed by atoms with van der Waals surface area (Å²) in [6, 6.07) is 5.92. The van der Waals surface area contributed by atoms with E-state index in [0.717, 1.165) is 25.0 Å². The number of ketones is 1. The molecule has 1 aromatic rings. The molecule has 1 aliphatic rings. The standard InChI is InChI=1S/C11H13NO/c13-10-5-3-4-9(8-10)11-6-1-2-7-12-11/h1-2,6-7,9H,3-5,8H2/t9-/m0/s1. The SMILES string of the molecule is O=C1CCC[C@H](c2ccccn2)C1. The van der Waals surface area contributed by atoms with Crippen LogP contribution in [0.5, 0.6) is 0 Å². The van der Waals surface area contributed by atoms with Crippen LogP contribution in [-0.2, 0) is 4.79 Å². The third-order valence-corrected chi connectivity index (χ3v) is 2.59. The van der Waals surface area contributed by atoms with Crippen LogP contribution in [-0.4, -0.2) is 10.8 Å². The Morgan fingerprint density at radius 3 is 3.00 bits per heavy atom. The molecule has 2 nitrogen and oxygen atoms in total. The van der Waals surface area contributed by atoms with Gasteiger partial charge in [-0.05, 0) is 25.0 Å². The molecule has 0 aromatic carbocycles. The first-order chi connectivity index (χ1) is 6.36. The van der Waals surface area contributed by atoms with Crippen LogP contribution in [0.4, 0.5) is 0 Å². The fourth-order valence-electron chi connectivity index (χ4n) is 1.89. The monoisotopic (exact) mass is 175 g/mol. The lowest BCUT2D eigenvalue weighted by molar-refractivity contribution is -0.120. The summed E-state index contributed by atoms with van der Waals surface area (Å²) in [5, 5.41) is 0. The molecular weight excluding hydrogens is 162 g/mol. The number of hydrogen-bond acceptors (Lipinski definition) is 2. The largest absolute Gasteiger partial charge is 0.300 e. The molecule has 1 aliphatic carbocycles. The maximum absolute atomic E-state index is 11.2. The summed E-state index contributed by atoms with van der Waals surface area (Å²) in [6.07, 6.45) is 5.40. The van der Waals surface area contributed by atoms with Crippen LogP contribution in [0, 0.1) is 0 Å². The van der Waals surface area contributed by atoms with Gasteiger partial charge in [-0.25, -0.2) is 0 Å². The van der Waals surface area contributed by atoms with Crippen molar-refractivity contribution < 1.29 is 4.79 Å². The second-order valence-corrected chi connectivity index (χ2v) is 3.59. The van der Waals surface area contributed by atoms with Gasteiger partial charge in [-0.2, -0.15) is 0 Å². The van der Waals surface area contributed by atoms with E-state index in [9.17, 15) is 4.79 Å². The van der Waals surface area contributed by atoms with Gasteiger partial charge in [0, 0.05) is 30.7 Å². The molecule has 0 spiro atoms. The van der Waals surface area contributed by atoms with E-state index in [1.54, 1.807) is 6.20 Å². The number of carbonyl (C=O) groups is 1. The van der Waals surface area contributed by atoms with Crippen molar-refractivity contribution >= 4 is 5.78 Å². The van der Waals surface area contributed by atoms with Gasteiger partial charge in [0.25, 0.3) is 0 Å². The fraction of sp³-hybridized carbons (Fsp3) is 0.455. The zero-order valence-electron chi connectivity index (χ0n) is 7.57. The van der Waals surface area contributed by atoms with Crippen LogP contribution in [0.2, 0.25) is 0 Å². The minimum absolute atomic E-state index is 0.377. The summed E-state index contributed by atoms with van der Waals surface area (Å²) < 4.78 is 0. The molecule has 1 fully saturated rings. The molecule has 1 heterocycles. The van der Waals surface area contributed by atoms with Gasteiger partial charge in [0.2, 0.25) is 0 Å². The van der Waals surface area contributed by atoms with E-state index in [0.29, 0.717) is 18.1 Å². The van der Waals surface area contributed by atoms with Crippen molar-refractivity contribution in [1.29, 1.82) is 0 Å². The van der Waals surface area contributed by atoms with Gasteiger partial charge in [0.1, 0.15) is 5.78 Å². The number of hydrogen-bond donors (Lipinski definition) is 0. The second-order valence-electron chi connectivity index (χ2n) is 3.59. The summed E-state index contributed by atoms with van der Waals surface area (Å²) in [5.41, 5.74) is 1.08. The molecule has 0 amide bonds. The zero-order chi connectivity index (χ0) is 9.10. The Kier molecular flexibility index (Phi) is 2.39. The molecule has 0 unspecified atom stereocenters. The highest BCUT2D eigenvalue weighted by Crippen LogP contribution is 2.29. The van der Waals surface area contributed by atoms with Crippen LogP contribution in [0.15, 0.2) is 24.4 Å². The first-order valence-electron chi connectivity index (χ1n) is 4.79. The average molecular weight is 175 g/mol. The summed E-state index contributed by atoms with van der Waals surface area (Å²) in [5.74, 6) is 0.768. The number of nitrogens with zero attached hydrogens (tertiary/aromatic N) is 1. The van der Waals surface area contributed by atoms with Crippen molar-refractivity contribution in [1.82, 2.24) is 4.98 Å². The third-order valence-electron chi connectivity index (χ3n) is 2.59. The minimum atomic E-state index is 0.377. The van der Waals surface area contributed by atoms with E-state index >= 15 is 0 Å². The third kappa shape index (κ3) is 1.94. The van der Waals surface area contributed by atoms with Crippen molar-refractivity contribution in [3.8, 4) is 0 Å². The summed E-state index contributed by atoms with van der Waals surface area (Å²) >= 11 is 0. The van der Waals surface area contributed by atoms with E-state index in [2.05, 4.69) is 4.98 Å². The Labute approximate surface area is 78.0 Å². The number of aromatic nitrogens is 1. The van der Waals surface area contributed by atoms with Crippen LogP contribution >= 0.6 is 0 Å². The van der Waals surface area contributed by atoms with Gasteiger partial charge in [-0.3, -0.25) is 9.78 Å². The summed E-state index contributed by atoms with van der Waals surface area (Å²) in [7, 11) is 0. The van der Waals surface area contributed by atoms with Gasteiger partial charge < -0.3 is 0 Å². The predicted octanol–water partition coefficient (Wildman–Crippen LogP) is 2.31. The van der Waals surface area contributed by atoms with Gasteiger partial charge >= 0.3 is 0 Å². The smallest absolute Gasteiger partial charge is 0.133 e. The molecule has 0 N–H and O–H groups in total. The highest BCUT2D eigenvalue weighted by atomic mass is 16.1. The highest BCUT2D eigenvalue weighted by Gasteiger charge is 2.21. The van der Waals surface area contributed by atoms with Gasteiger partial charge in [-0.15, -0.1) is 0 Å². The lowest BCUT2D eigenvalue weighted by atomic mass is 9.86. The van der Waals surface area contributed by atoms with E-state index in [4.69, 9.17) is 0 Å². The molecule has 1 saturated carbocycles. The average Bonchev–Trinajstić information content (AvgIpc) is 2.19. The van der Waals surface area contributed by atoms with Crippen molar-refractivity contribution in [2.75, 3.05) is 0 Å². The predicted molar refractivity (Wildman–Crippen MR) is 50.5 cm³/mol. The normalized spacial score (nSPS) is 23.1. The summed E-state index contributed by atoms with van der Waals surface area (Å²) in [4.78, 5) is 15.5. The highest BCUT2D eigenvalue weighted by molar-refractivity contribution is 5.79. The number of pyridine rings is 1. The molecule has 2 rings (SSSR count). The van der Waals surface area contributed by atoms with Gasteiger partial charge in [0.05, 0.1) is 0 Å². The van der Waals surface area contributed by atoms with Crippen molar-refractivity contribution in [3.05, 3.63) is 30.1 Å². The summed E-state index contributed by atoms with van der Waals surface area (Å²) in [6.45, 7) is 0. The first-order valence-corrected chi connectivity index (χ1v) is 4.79. The molecule has 2 heteroatoms. The molecule has 0 aliphatic heterocycles. The molecule has 1 aromatic heterocycles. The number of rotatable bonds is 1. The second kappa shape index (κ2) is 3.69. The lowest BCUT2D eigenvalue weighted by Crippen LogP contribution is -2.14. The molecule has 0 bridgehead atoms. The Balaban J connectivity index is 2.13. The Bertz CT molecular complexity index is 294. The number of Topliss-reactive ketones (excluding diaryl/α,β-unsaturated/α-hetero) is 1. The molecule has 1 atom stereocenters. The Hall–Kier alpha value is -1.18. The van der Waals surface area contributed by atoms with Crippen molar-refractivity contribution in [2.45, 2.75) is 31.6 Å². The molecule has 0 radical (unpaired) electrons. The zero-order valence-corrected chi connectivity index (χ0v) is 7.57. The number of carbonyl (C=O) groups excluding carboxylic acids is 1. The maximum Gasteiger partial charge on any atom is 0.133 e. The minimum Gasteiger partial charge on any atom is -0.300 e. The Morgan fingerprint density at radius 1 is 1.38 bits per heavy atom. The van der Waals surface area contributed by atoms with Crippen molar-refractivity contribution in [2.24, 2.45) is 0 Å². The maximum atomic E-state index is 11.2. The molecule has 0 saturated heterocycles. The fourth-order valence-corrected chi connectivity index (χ4v) is 1.89. The van der Waals surface area contributed by atoms with Crippen LogP contribution in [0.3, 0.4) is 0 Å². The van der Waals surface area contributed by atoms with E-state index in [-0.39, 0.29) is 0 Å². The van der Waals surface area contributed by atoms with Gasteiger partial charge in [0.15, 0.2) is 0 Å². The van der Waals surface area contributed by atoms with E-state index in [1.165, 1.54) is 0 Å². The van der Waals surface area contributed by atoms with E-state index < -0.39 is 0 Å². The molecule has 68 valence electrons. The van der Waals surface area contributed by atoms with Gasteiger partial charge in [-0.1, -0.05) is 6.07 Å². The molecule has 13 heavy (non-hydrogen) atoms. The topological polar surface area (TPSA) is 30.0 Å². The Morgan fingerprint density at radius 2 is 2.31 bits per heavy atom. The molecular formula is C11H13NO.